The van der Waals surface area contributed by atoms with Crippen LogP contribution in [0.3, 0.4) is 0 Å². The van der Waals surface area contributed by atoms with E-state index in [0.29, 0.717) is 0 Å². The highest BCUT2D eigenvalue weighted by Crippen LogP contribution is 2.30. The van der Waals surface area contributed by atoms with Crippen molar-refractivity contribution in [3.05, 3.63) is 48.0 Å². The maximum atomic E-state index is 5.41. The van der Waals surface area contributed by atoms with E-state index in [1.165, 1.54) is 0 Å². The number of aryl methyl sites for hydroxylation is 1. The monoisotopic (exact) mass is 283 g/mol. The van der Waals surface area contributed by atoms with Crippen LogP contribution in [0, 0.1) is 0 Å². The molecule has 0 saturated carbocycles. The number of ether oxygens (including phenoxy) is 1. The van der Waals surface area contributed by atoms with Crippen LogP contribution in [0.25, 0.3) is 11.0 Å². The molecular formula is C15H17N5O. The molecule has 2 heterocycles. The highest BCUT2D eigenvalue weighted by Gasteiger charge is 2.21. The van der Waals surface area contributed by atoms with E-state index in [0.717, 1.165) is 28.0 Å². The Labute approximate surface area is 122 Å². The molecule has 0 aliphatic rings. The van der Waals surface area contributed by atoms with Crippen LogP contribution in [-0.2, 0) is 7.05 Å². The first-order valence-corrected chi connectivity index (χ1v) is 6.68. The molecule has 1 N–H and O–H groups in total. The predicted octanol–water partition coefficient (Wildman–Crippen LogP) is 1.68. The average Bonchev–Trinajstić information content (AvgIpc) is 2.89. The second kappa shape index (κ2) is 5.49. The van der Waals surface area contributed by atoms with Gasteiger partial charge in [0.15, 0.2) is 5.75 Å². The number of fused-ring (bicyclic) bond motifs is 1. The Morgan fingerprint density at radius 3 is 2.67 bits per heavy atom. The molecule has 6 nitrogen and oxygen atoms in total. The molecule has 3 rings (SSSR count). The van der Waals surface area contributed by atoms with Crippen molar-refractivity contribution in [2.45, 2.75) is 6.04 Å². The molecule has 2 aromatic heterocycles. The van der Waals surface area contributed by atoms with E-state index in [1.807, 2.05) is 37.0 Å². The summed E-state index contributed by atoms with van der Waals surface area (Å²) in [7, 11) is 5.47. The van der Waals surface area contributed by atoms with E-state index in [9.17, 15) is 0 Å². The summed E-state index contributed by atoms with van der Waals surface area (Å²) in [5.41, 5.74) is 3.82. The predicted molar refractivity (Wildman–Crippen MR) is 80.2 cm³/mol. The molecule has 1 aromatic carbocycles. The van der Waals surface area contributed by atoms with Gasteiger partial charge >= 0.3 is 0 Å². The first-order chi connectivity index (χ1) is 10.2. The molecule has 0 radical (unpaired) electrons. The molecule has 0 fully saturated rings. The molecular weight excluding hydrogens is 266 g/mol. The number of nitrogens with one attached hydrogen (secondary N) is 1. The van der Waals surface area contributed by atoms with E-state index in [4.69, 9.17) is 4.74 Å². The number of benzene rings is 1. The molecule has 1 atom stereocenters. The van der Waals surface area contributed by atoms with E-state index in [1.54, 1.807) is 25.7 Å². The SMILES string of the molecule is CNC(c1ccc2nccnc2c1)c1c(OC)cnn1C. The zero-order chi connectivity index (χ0) is 14.8. The van der Waals surface area contributed by atoms with Gasteiger partial charge in [0, 0.05) is 19.4 Å². The third kappa shape index (κ3) is 2.34. The molecule has 1 unspecified atom stereocenters. The fraction of sp³-hybridized carbons (Fsp3) is 0.267. The van der Waals surface area contributed by atoms with Crippen LogP contribution in [0.15, 0.2) is 36.8 Å². The summed E-state index contributed by atoms with van der Waals surface area (Å²) in [6.07, 6.45) is 5.12. The molecule has 0 aliphatic heterocycles. The number of hydrogen-bond donors (Lipinski definition) is 1. The quantitative estimate of drug-likeness (QED) is 0.789. The molecule has 0 amide bonds. The average molecular weight is 283 g/mol. The molecule has 0 spiro atoms. The Morgan fingerprint density at radius 2 is 1.95 bits per heavy atom. The van der Waals surface area contributed by atoms with Crippen molar-refractivity contribution in [3.8, 4) is 5.75 Å². The van der Waals surface area contributed by atoms with E-state index in [2.05, 4.69) is 20.4 Å². The largest absolute Gasteiger partial charge is 0.493 e. The van der Waals surface area contributed by atoms with Crippen LogP contribution in [0.1, 0.15) is 17.3 Å². The van der Waals surface area contributed by atoms with Crippen molar-refractivity contribution in [2.75, 3.05) is 14.2 Å². The van der Waals surface area contributed by atoms with Crippen LogP contribution in [0.5, 0.6) is 5.75 Å². The molecule has 0 saturated heterocycles. The first kappa shape index (κ1) is 13.5. The fourth-order valence-corrected chi connectivity index (χ4v) is 2.53. The van der Waals surface area contributed by atoms with E-state index in [-0.39, 0.29) is 6.04 Å². The van der Waals surface area contributed by atoms with Gasteiger partial charge in [-0.15, -0.1) is 0 Å². The highest BCUT2D eigenvalue weighted by molar-refractivity contribution is 5.74. The normalized spacial score (nSPS) is 12.5. The summed E-state index contributed by atoms with van der Waals surface area (Å²) in [5, 5.41) is 7.58. The maximum absolute atomic E-state index is 5.41. The second-order valence-electron chi connectivity index (χ2n) is 4.75. The van der Waals surface area contributed by atoms with Crippen molar-refractivity contribution >= 4 is 11.0 Å². The van der Waals surface area contributed by atoms with Crippen LogP contribution in [0.4, 0.5) is 0 Å². The number of rotatable bonds is 4. The van der Waals surface area contributed by atoms with Crippen LogP contribution < -0.4 is 10.1 Å². The van der Waals surface area contributed by atoms with Gasteiger partial charge in [-0.3, -0.25) is 14.6 Å². The van der Waals surface area contributed by atoms with Crippen molar-refractivity contribution in [3.63, 3.8) is 0 Å². The van der Waals surface area contributed by atoms with Gasteiger partial charge in [0.05, 0.1) is 30.4 Å². The zero-order valence-corrected chi connectivity index (χ0v) is 12.2. The molecule has 108 valence electrons. The number of nitrogens with zero attached hydrogens (tertiary/aromatic N) is 4. The van der Waals surface area contributed by atoms with Crippen molar-refractivity contribution in [1.82, 2.24) is 25.1 Å². The minimum absolute atomic E-state index is 0.0288. The van der Waals surface area contributed by atoms with Gasteiger partial charge in [-0.25, -0.2) is 0 Å². The Morgan fingerprint density at radius 1 is 1.19 bits per heavy atom. The highest BCUT2D eigenvalue weighted by atomic mass is 16.5. The number of methoxy groups -OCH3 is 1. The minimum Gasteiger partial charge on any atom is -0.493 e. The summed E-state index contributed by atoms with van der Waals surface area (Å²) in [6.45, 7) is 0. The van der Waals surface area contributed by atoms with Crippen LogP contribution >= 0.6 is 0 Å². The molecule has 21 heavy (non-hydrogen) atoms. The van der Waals surface area contributed by atoms with Gasteiger partial charge in [0.1, 0.15) is 5.69 Å². The fourth-order valence-electron chi connectivity index (χ4n) is 2.53. The van der Waals surface area contributed by atoms with E-state index >= 15 is 0 Å². The topological polar surface area (TPSA) is 64.9 Å². The standard InChI is InChI=1S/C15H17N5O/c1-16-14(15-13(21-3)9-19-20(15)2)10-4-5-11-12(8-10)18-7-6-17-11/h4-9,14,16H,1-3H3. The zero-order valence-electron chi connectivity index (χ0n) is 12.2. The lowest BCUT2D eigenvalue weighted by molar-refractivity contribution is 0.402. The summed E-state index contributed by atoms with van der Waals surface area (Å²) < 4.78 is 7.23. The van der Waals surface area contributed by atoms with Crippen molar-refractivity contribution in [2.24, 2.45) is 7.05 Å². The van der Waals surface area contributed by atoms with Crippen molar-refractivity contribution < 1.29 is 4.74 Å². The van der Waals surface area contributed by atoms with Gasteiger partial charge in [0.2, 0.25) is 0 Å². The molecule has 0 aliphatic carbocycles. The van der Waals surface area contributed by atoms with Gasteiger partial charge in [0.25, 0.3) is 0 Å². The Hall–Kier alpha value is -2.47. The first-order valence-electron chi connectivity index (χ1n) is 6.68. The second-order valence-corrected chi connectivity index (χ2v) is 4.75. The van der Waals surface area contributed by atoms with Crippen molar-refractivity contribution in [1.29, 1.82) is 0 Å². The minimum atomic E-state index is -0.0288. The third-order valence-electron chi connectivity index (χ3n) is 3.56. The van der Waals surface area contributed by atoms with Gasteiger partial charge in [-0.2, -0.15) is 5.10 Å². The third-order valence-corrected chi connectivity index (χ3v) is 3.56. The number of hydrogen-bond acceptors (Lipinski definition) is 5. The lowest BCUT2D eigenvalue weighted by atomic mass is 10.0. The number of aromatic nitrogens is 4. The van der Waals surface area contributed by atoms with E-state index < -0.39 is 0 Å². The smallest absolute Gasteiger partial charge is 0.161 e. The van der Waals surface area contributed by atoms with Crippen LogP contribution in [0.2, 0.25) is 0 Å². The molecule has 6 heteroatoms. The maximum Gasteiger partial charge on any atom is 0.161 e. The molecule has 0 bridgehead atoms. The van der Waals surface area contributed by atoms with Gasteiger partial charge in [-0.1, -0.05) is 6.07 Å². The lowest BCUT2D eigenvalue weighted by Crippen LogP contribution is -2.21. The summed E-state index contributed by atoms with van der Waals surface area (Å²) >= 11 is 0. The van der Waals surface area contributed by atoms with Gasteiger partial charge < -0.3 is 10.1 Å². The summed E-state index contributed by atoms with van der Waals surface area (Å²) in [6, 6.07) is 6.03. The Kier molecular flexibility index (Phi) is 3.53. The van der Waals surface area contributed by atoms with Crippen LogP contribution in [-0.4, -0.2) is 33.9 Å². The summed E-state index contributed by atoms with van der Waals surface area (Å²) in [5.74, 6) is 0.760. The van der Waals surface area contributed by atoms with Gasteiger partial charge in [-0.05, 0) is 24.7 Å². The Balaban J connectivity index is 2.11. The lowest BCUT2D eigenvalue weighted by Gasteiger charge is -2.18. The summed E-state index contributed by atoms with van der Waals surface area (Å²) in [4.78, 5) is 8.66. The Bertz CT molecular complexity index is 768. The molecule has 3 aromatic rings.